The number of ether oxygens (including phenoxy) is 1. The number of carbonyl (C=O) groups excluding carboxylic acids is 3. The number of alkyl halides is 3. The third-order valence-corrected chi connectivity index (χ3v) is 6.32. The number of benzene rings is 2. The number of hydrogen-bond acceptors (Lipinski definition) is 6. The van der Waals surface area contributed by atoms with Crippen LogP contribution in [0.5, 0.6) is 5.75 Å². The summed E-state index contributed by atoms with van der Waals surface area (Å²) in [5.41, 5.74) is 1.39. The molecular weight excluding hydrogens is 527 g/mol. The van der Waals surface area contributed by atoms with Gasteiger partial charge in [0.15, 0.2) is 5.75 Å². The van der Waals surface area contributed by atoms with Crippen LogP contribution in [0.25, 0.3) is 0 Å². The highest BCUT2D eigenvalue weighted by Gasteiger charge is 2.33. The first-order valence-electron chi connectivity index (χ1n) is 12.3. The molecular formula is C28H24F3N5O4. The molecule has 2 aromatic carbocycles. The molecule has 0 aliphatic carbocycles. The highest BCUT2D eigenvalue weighted by atomic mass is 19.4. The summed E-state index contributed by atoms with van der Waals surface area (Å²) >= 11 is 0. The van der Waals surface area contributed by atoms with E-state index >= 15 is 0 Å². The van der Waals surface area contributed by atoms with E-state index in [1.165, 1.54) is 25.1 Å². The van der Waals surface area contributed by atoms with E-state index in [9.17, 15) is 27.6 Å². The van der Waals surface area contributed by atoms with Gasteiger partial charge < -0.3 is 20.3 Å². The van der Waals surface area contributed by atoms with E-state index < -0.39 is 23.9 Å². The summed E-state index contributed by atoms with van der Waals surface area (Å²) < 4.78 is 43.2. The predicted octanol–water partition coefficient (Wildman–Crippen LogP) is 5.08. The SMILES string of the molecule is CC(=O)Nc1ccc(C(=O)Nc2cc(C(=O)N3CCC(c4ccc(C#N)cc4)CC3)ccc2OC(F)(F)F)cn1. The van der Waals surface area contributed by atoms with Crippen LogP contribution < -0.4 is 15.4 Å². The Hall–Kier alpha value is -4.92. The lowest BCUT2D eigenvalue weighted by Crippen LogP contribution is -2.38. The number of pyridine rings is 1. The van der Waals surface area contributed by atoms with Crippen LogP contribution in [0.1, 0.15) is 57.5 Å². The molecule has 2 N–H and O–H groups in total. The predicted molar refractivity (Wildman–Crippen MR) is 139 cm³/mol. The van der Waals surface area contributed by atoms with Crippen molar-refractivity contribution in [1.29, 1.82) is 5.26 Å². The van der Waals surface area contributed by atoms with Crippen molar-refractivity contribution in [2.45, 2.75) is 32.0 Å². The first kappa shape index (κ1) is 28.1. The quantitative estimate of drug-likeness (QED) is 0.440. The number of nitrogens with one attached hydrogen (secondary N) is 2. The van der Waals surface area contributed by atoms with Gasteiger partial charge in [-0.25, -0.2) is 4.98 Å². The number of nitriles is 1. The molecule has 1 fully saturated rings. The van der Waals surface area contributed by atoms with Crippen molar-refractivity contribution in [3.8, 4) is 11.8 Å². The molecule has 0 saturated carbocycles. The number of anilines is 2. The first-order chi connectivity index (χ1) is 19.0. The second-order valence-electron chi connectivity index (χ2n) is 9.13. The van der Waals surface area contributed by atoms with Gasteiger partial charge in [0.25, 0.3) is 11.8 Å². The number of hydrogen-bond donors (Lipinski definition) is 2. The standard InChI is InChI=1S/C28H24F3N5O4/c1-17(37)34-25-9-7-22(16-33-25)26(38)35-23-14-21(6-8-24(23)40-28(29,30)31)27(39)36-12-10-20(11-13-36)19-4-2-18(15-32)3-5-19/h2-9,14,16,20H,10-13H2,1H3,(H,35,38)(H,33,34,37). The van der Waals surface area contributed by atoms with Gasteiger partial charge in [-0.1, -0.05) is 12.1 Å². The van der Waals surface area contributed by atoms with Crippen LogP contribution in [0, 0.1) is 11.3 Å². The van der Waals surface area contributed by atoms with E-state index in [-0.39, 0.29) is 34.5 Å². The van der Waals surface area contributed by atoms with Crippen LogP contribution in [0.3, 0.4) is 0 Å². The molecule has 1 aromatic heterocycles. The number of aromatic nitrogens is 1. The summed E-state index contributed by atoms with van der Waals surface area (Å²) in [4.78, 5) is 42.7. The van der Waals surface area contributed by atoms with E-state index in [2.05, 4.69) is 26.4 Å². The maximum absolute atomic E-state index is 13.2. The highest BCUT2D eigenvalue weighted by molar-refractivity contribution is 6.06. The molecule has 9 nitrogen and oxygen atoms in total. The number of piperidine rings is 1. The Morgan fingerprint density at radius 3 is 2.25 bits per heavy atom. The minimum absolute atomic E-state index is 0.00802. The van der Waals surface area contributed by atoms with Gasteiger partial charge in [0, 0.05) is 31.8 Å². The number of rotatable bonds is 6. The molecule has 3 aromatic rings. The molecule has 0 spiro atoms. The summed E-state index contributed by atoms with van der Waals surface area (Å²) in [5.74, 6) is -1.82. The largest absolute Gasteiger partial charge is 0.573 e. The van der Waals surface area contributed by atoms with Crippen molar-refractivity contribution in [2.75, 3.05) is 23.7 Å². The second-order valence-corrected chi connectivity index (χ2v) is 9.13. The molecule has 0 radical (unpaired) electrons. The van der Waals surface area contributed by atoms with Gasteiger partial charge in [-0.3, -0.25) is 14.4 Å². The zero-order valence-corrected chi connectivity index (χ0v) is 21.3. The number of halogens is 3. The average molecular weight is 552 g/mol. The zero-order chi connectivity index (χ0) is 28.9. The smallest absolute Gasteiger partial charge is 0.404 e. The highest BCUT2D eigenvalue weighted by Crippen LogP contribution is 2.33. The summed E-state index contributed by atoms with van der Waals surface area (Å²) in [5, 5.41) is 13.8. The van der Waals surface area contributed by atoms with Gasteiger partial charge in [0.1, 0.15) is 5.82 Å². The average Bonchev–Trinajstić information content (AvgIpc) is 2.93. The number of amides is 3. The van der Waals surface area contributed by atoms with Crippen LogP contribution in [0.4, 0.5) is 24.7 Å². The lowest BCUT2D eigenvalue weighted by molar-refractivity contribution is -0.274. The maximum Gasteiger partial charge on any atom is 0.573 e. The van der Waals surface area contributed by atoms with Crippen LogP contribution in [0.15, 0.2) is 60.8 Å². The molecule has 0 bridgehead atoms. The lowest BCUT2D eigenvalue weighted by Gasteiger charge is -2.32. The molecule has 40 heavy (non-hydrogen) atoms. The first-order valence-corrected chi connectivity index (χ1v) is 12.3. The summed E-state index contributed by atoms with van der Waals surface area (Å²) in [7, 11) is 0. The van der Waals surface area contributed by atoms with E-state index in [0.29, 0.717) is 31.5 Å². The summed E-state index contributed by atoms with van der Waals surface area (Å²) in [6, 6.07) is 15.4. The molecule has 4 rings (SSSR count). The van der Waals surface area contributed by atoms with Gasteiger partial charge in [0.05, 0.1) is 22.9 Å². The van der Waals surface area contributed by atoms with Crippen molar-refractivity contribution >= 4 is 29.2 Å². The van der Waals surface area contributed by atoms with E-state index in [0.717, 1.165) is 23.9 Å². The number of nitrogens with zero attached hydrogens (tertiary/aromatic N) is 3. The monoisotopic (exact) mass is 551 g/mol. The lowest BCUT2D eigenvalue weighted by atomic mass is 9.89. The van der Waals surface area contributed by atoms with Gasteiger partial charge in [-0.05, 0) is 66.8 Å². The Labute approximate surface area is 227 Å². The Morgan fingerprint density at radius 2 is 1.68 bits per heavy atom. The topological polar surface area (TPSA) is 124 Å². The van der Waals surface area contributed by atoms with Crippen LogP contribution in [-0.4, -0.2) is 47.1 Å². The van der Waals surface area contributed by atoms with Crippen molar-refractivity contribution < 1.29 is 32.3 Å². The summed E-state index contributed by atoms with van der Waals surface area (Å²) in [6.45, 7) is 2.15. The fourth-order valence-electron chi connectivity index (χ4n) is 4.38. The van der Waals surface area contributed by atoms with E-state index in [1.807, 2.05) is 12.1 Å². The van der Waals surface area contributed by atoms with Crippen molar-refractivity contribution in [3.63, 3.8) is 0 Å². The van der Waals surface area contributed by atoms with Gasteiger partial charge in [-0.15, -0.1) is 13.2 Å². The normalized spacial score (nSPS) is 13.7. The summed E-state index contributed by atoms with van der Waals surface area (Å²) in [6.07, 6.45) is -2.52. The Kier molecular flexibility index (Phi) is 8.33. The molecule has 1 aliphatic rings. The molecule has 0 atom stereocenters. The molecule has 2 heterocycles. The fraction of sp³-hybridized carbons (Fsp3) is 0.250. The number of likely N-dealkylation sites (tertiary alicyclic amines) is 1. The van der Waals surface area contributed by atoms with Gasteiger partial charge >= 0.3 is 6.36 Å². The Balaban J connectivity index is 1.49. The minimum Gasteiger partial charge on any atom is -0.404 e. The van der Waals surface area contributed by atoms with Crippen LogP contribution in [0.2, 0.25) is 0 Å². The Bertz CT molecular complexity index is 1440. The van der Waals surface area contributed by atoms with Crippen molar-refractivity contribution in [1.82, 2.24) is 9.88 Å². The Morgan fingerprint density at radius 1 is 1.00 bits per heavy atom. The zero-order valence-electron chi connectivity index (χ0n) is 21.3. The molecule has 12 heteroatoms. The third-order valence-electron chi connectivity index (χ3n) is 6.32. The van der Waals surface area contributed by atoms with E-state index in [1.54, 1.807) is 17.0 Å². The number of carbonyl (C=O) groups is 3. The third kappa shape index (κ3) is 7.13. The molecule has 3 amide bonds. The van der Waals surface area contributed by atoms with Gasteiger partial charge in [-0.2, -0.15) is 5.26 Å². The fourth-order valence-corrected chi connectivity index (χ4v) is 4.38. The van der Waals surface area contributed by atoms with Crippen LogP contribution >= 0.6 is 0 Å². The maximum atomic E-state index is 13.2. The minimum atomic E-state index is -5.03. The van der Waals surface area contributed by atoms with Crippen molar-refractivity contribution in [3.05, 3.63) is 83.0 Å². The molecule has 206 valence electrons. The molecule has 1 saturated heterocycles. The van der Waals surface area contributed by atoms with Crippen molar-refractivity contribution in [2.24, 2.45) is 0 Å². The van der Waals surface area contributed by atoms with Crippen LogP contribution in [-0.2, 0) is 4.79 Å². The molecule has 0 unspecified atom stereocenters. The van der Waals surface area contributed by atoms with Gasteiger partial charge in [0.2, 0.25) is 5.91 Å². The molecule has 1 aliphatic heterocycles. The van der Waals surface area contributed by atoms with E-state index in [4.69, 9.17) is 5.26 Å². The second kappa shape index (κ2) is 11.9.